The van der Waals surface area contributed by atoms with Gasteiger partial charge in [0, 0.05) is 31.1 Å². The second-order valence-corrected chi connectivity index (χ2v) is 9.42. The molecule has 2 aromatic rings. The minimum absolute atomic E-state index is 0.0844. The van der Waals surface area contributed by atoms with Gasteiger partial charge in [0.2, 0.25) is 15.8 Å². The Morgan fingerprint density at radius 1 is 1.18 bits per heavy atom. The van der Waals surface area contributed by atoms with E-state index in [1.54, 1.807) is 18.2 Å². The summed E-state index contributed by atoms with van der Waals surface area (Å²) in [6, 6.07) is 6.45. The minimum atomic E-state index is -4.65. The summed E-state index contributed by atoms with van der Waals surface area (Å²) in [4.78, 5) is 9.37. The lowest BCUT2D eigenvalue weighted by atomic mass is 10.1. The summed E-state index contributed by atoms with van der Waals surface area (Å²) in [7, 11) is -3.34. The lowest BCUT2D eigenvalue weighted by molar-refractivity contribution is -0.144. The van der Waals surface area contributed by atoms with E-state index in [1.807, 2.05) is 11.8 Å². The van der Waals surface area contributed by atoms with Gasteiger partial charge in [-0.05, 0) is 30.9 Å². The van der Waals surface area contributed by atoms with Crippen molar-refractivity contribution >= 4 is 26.7 Å². The molecule has 152 valence electrons. The highest BCUT2D eigenvalue weighted by molar-refractivity contribution is 7.89. The largest absolute Gasteiger partial charge is 0.451 e. The van der Waals surface area contributed by atoms with E-state index < -0.39 is 22.0 Å². The summed E-state index contributed by atoms with van der Waals surface area (Å²) >= 11 is 0. The standard InChI is InChI=1S/C18H21F3N4O2S/c1-2-9-28(26,27)24-10-12-7-8-25(15(12)11-24)16-13-5-3-4-6-14(13)22-17(23-16)18(19,20)21/h3-6,12,15H,2,7-11H2,1H3. The Balaban J connectivity index is 1.73. The molecular weight excluding hydrogens is 393 g/mol. The highest BCUT2D eigenvalue weighted by Crippen LogP contribution is 2.39. The van der Waals surface area contributed by atoms with Crippen LogP contribution in [0.15, 0.2) is 24.3 Å². The van der Waals surface area contributed by atoms with Gasteiger partial charge in [0.05, 0.1) is 11.3 Å². The van der Waals surface area contributed by atoms with Crippen molar-refractivity contribution in [3.8, 4) is 0 Å². The molecular formula is C18H21F3N4O2S. The van der Waals surface area contributed by atoms with E-state index in [2.05, 4.69) is 9.97 Å². The fraction of sp³-hybridized carbons (Fsp3) is 0.556. The highest BCUT2D eigenvalue weighted by Gasteiger charge is 2.46. The second-order valence-electron chi connectivity index (χ2n) is 7.33. The predicted molar refractivity (Wildman–Crippen MR) is 99.4 cm³/mol. The van der Waals surface area contributed by atoms with Crippen LogP contribution in [-0.2, 0) is 16.2 Å². The molecule has 1 aromatic carbocycles. The third-order valence-corrected chi connectivity index (χ3v) is 7.49. The Hall–Kier alpha value is -1.94. The molecule has 0 bridgehead atoms. The van der Waals surface area contributed by atoms with Gasteiger partial charge in [-0.3, -0.25) is 0 Å². The molecule has 1 aromatic heterocycles. The van der Waals surface area contributed by atoms with Gasteiger partial charge in [-0.1, -0.05) is 19.1 Å². The zero-order valence-electron chi connectivity index (χ0n) is 15.4. The topological polar surface area (TPSA) is 66.4 Å². The summed E-state index contributed by atoms with van der Waals surface area (Å²) < 4.78 is 66.3. The number of hydrogen-bond acceptors (Lipinski definition) is 5. The number of halogens is 3. The molecule has 2 atom stereocenters. The van der Waals surface area contributed by atoms with E-state index in [1.165, 1.54) is 10.4 Å². The maximum absolute atomic E-state index is 13.3. The molecule has 3 heterocycles. The molecule has 2 saturated heterocycles. The molecule has 0 radical (unpaired) electrons. The molecule has 28 heavy (non-hydrogen) atoms. The summed E-state index contributed by atoms with van der Waals surface area (Å²) in [5.74, 6) is -0.755. The van der Waals surface area contributed by atoms with Gasteiger partial charge in [-0.2, -0.15) is 17.5 Å². The SMILES string of the molecule is CCCS(=O)(=O)N1CC2CCN(c3nc(C(F)(F)F)nc4ccccc34)C2C1. The molecule has 0 amide bonds. The molecule has 2 fully saturated rings. The van der Waals surface area contributed by atoms with Crippen LogP contribution in [0.1, 0.15) is 25.6 Å². The Labute approximate surface area is 161 Å². The van der Waals surface area contributed by atoms with Crippen LogP contribution in [0.2, 0.25) is 0 Å². The van der Waals surface area contributed by atoms with Crippen LogP contribution in [0, 0.1) is 5.92 Å². The fourth-order valence-electron chi connectivity index (χ4n) is 4.21. The zero-order chi connectivity index (χ0) is 20.1. The number of rotatable bonds is 4. The molecule has 10 heteroatoms. The Morgan fingerprint density at radius 3 is 2.64 bits per heavy atom. The first-order chi connectivity index (χ1) is 13.2. The van der Waals surface area contributed by atoms with Gasteiger partial charge in [0.15, 0.2) is 0 Å². The molecule has 0 spiro atoms. The third kappa shape index (κ3) is 3.32. The van der Waals surface area contributed by atoms with E-state index in [0.717, 1.165) is 6.42 Å². The molecule has 6 nitrogen and oxygen atoms in total. The number of sulfonamides is 1. The maximum atomic E-state index is 13.3. The average Bonchev–Trinajstić information content (AvgIpc) is 3.21. The van der Waals surface area contributed by atoms with Crippen LogP contribution < -0.4 is 4.90 Å². The Kier molecular flexibility index (Phi) is 4.73. The van der Waals surface area contributed by atoms with Gasteiger partial charge in [0.25, 0.3) is 0 Å². The van der Waals surface area contributed by atoms with E-state index in [4.69, 9.17) is 0 Å². The van der Waals surface area contributed by atoms with Crippen molar-refractivity contribution in [2.24, 2.45) is 5.92 Å². The monoisotopic (exact) mass is 414 g/mol. The lowest BCUT2D eigenvalue weighted by Gasteiger charge is -2.27. The van der Waals surface area contributed by atoms with Gasteiger partial charge in [-0.15, -0.1) is 0 Å². The minimum Gasteiger partial charge on any atom is -0.351 e. The normalized spacial score (nSPS) is 23.5. The molecule has 2 aliphatic rings. The molecule has 4 rings (SSSR count). The summed E-state index contributed by atoms with van der Waals surface area (Å²) in [6.45, 7) is 3.06. The summed E-state index contributed by atoms with van der Waals surface area (Å²) in [6.07, 6.45) is -3.39. The van der Waals surface area contributed by atoms with Gasteiger partial charge < -0.3 is 4.90 Å². The van der Waals surface area contributed by atoms with Crippen LogP contribution in [0.4, 0.5) is 19.0 Å². The first-order valence-corrected chi connectivity index (χ1v) is 10.9. The molecule has 2 unspecified atom stereocenters. The summed E-state index contributed by atoms with van der Waals surface area (Å²) in [5, 5.41) is 0.547. The number of nitrogens with zero attached hydrogens (tertiary/aromatic N) is 4. The third-order valence-electron chi connectivity index (χ3n) is 5.48. The number of para-hydroxylation sites is 1. The number of aromatic nitrogens is 2. The van der Waals surface area contributed by atoms with Crippen LogP contribution in [0.3, 0.4) is 0 Å². The van der Waals surface area contributed by atoms with Gasteiger partial charge in [-0.25, -0.2) is 18.4 Å². The maximum Gasteiger partial charge on any atom is 0.451 e. The molecule has 0 N–H and O–H groups in total. The first kappa shape index (κ1) is 19.4. The quantitative estimate of drug-likeness (QED) is 0.770. The molecule has 0 aliphatic carbocycles. The van der Waals surface area contributed by atoms with E-state index in [-0.39, 0.29) is 35.6 Å². The van der Waals surface area contributed by atoms with Crippen LogP contribution in [0.25, 0.3) is 10.9 Å². The number of hydrogen-bond donors (Lipinski definition) is 0. The van der Waals surface area contributed by atoms with Crippen molar-refractivity contribution < 1.29 is 21.6 Å². The second kappa shape index (κ2) is 6.84. The van der Waals surface area contributed by atoms with Gasteiger partial charge >= 0.3 is 6.18 Å². The van der Waals surface area contributed by atoms with E-state index in [9.17, 15) is 21.6 Å². The van der Waals surface area contributed by atoms with Crippen molar-refractivity contribution in [2.45, 2.75) is 32.0 Å². The van der Waals surface area contributed by atoms with Crippen molar-refractivity contribution in [3.63, 3.8) is 0 Å². The average molecular weight is 414 g/mol. The Bertz CT molecular complexity index is 996. The molecule has 2 aliphatic heterocycles. The number of benzene rings is 1. The van der Waals surface area contributed by atoms with Crippen molar-refractivity contribution in [3.05, 3.63) is 30.1 Å². The number of anilines is 1. The number of alkyl halides is 3. The van der Waals surface area contributed by atoms with Crippen LogP contribution in [-0.4, -0.2) is 54.1 Å². The van der Waals surface area contributed by atoms with Crippen LogP contribution >= 0.6 is 0 Å². The highest BCUT2D eigenvalue weighted by atomic mass is 32.2. The van der Waals surface area contributed by atoms with Gasteiger partial charge in [0.1, 0.15) is 5.82 Å². The zero-order valence-corrected chi connectivity index (χ0v) is 16.2. The van der Waals surface area contributed by atoms with Crippen molar-refractivity contribution in [1.29, 1.82) is 0 Å². The first-order valence-electron chi connectivity index (χ1n) is 9.29. The Morgan fingerprint density at radius 2 is 1.93 bits per heavy atom. The molecule has 0 saturated carbocycles. The van der Waals surface area contributed by atoms with E-state index in [0.29, 0.717) is 24.9 Å². The predicted octanol–water partition coefficient (Wildman–Crippen LogP) is 2.90. The van der Waals surface area contributed by atoms with E-state index >= 15 is 0 Å². The smallest absolute Gasteiger partial charge is 0.351 e. The number of fused-ring (bicyclic) bond motifs is 2. The van der Waals surface area contributed by atoms with Crippen LogP contribution in [0.5, 0.6) is 0 Å². The lowest BCUT2D eigenvalue weighted by Crippen LogP contribution is -2.38. The van der Waals surface area contributed by atoms with Crippen molar-refractivity contribution in [2.75, 3.05) is 30.3 Å². The van der Waals surface area contributed by atoms with Crippen molar-refractivity contribution in [1.82, 2.24) is 14.3 Å². The summed E-state index contributed by atoms with van der Waals surface area (Å²) in [5.41, 5.74) is 0.233. The fourth-order valence-corrected chi connectivity index (χ4v) is 5.78.